The SMILES string of the molecule is CCN(CC)c1cc(Cl)nc(SCC(=O)N2CCN(C(C)=O)CC2)n1. The number of nitrogens with zero attached hydrogens (tertiary/aromatic N) is 5. The molecule has 0 aromatic carbocycles. The maximum Gasteiger partial charge on any atom is 0.233 e. The highest BCUT2D eigenvalue weighted by Gasteiger charge is 2.22. The van der Waals surface area contributed by atoms with Crippen LogP contribution in [0.4, 0.5) is 5.82 Å². The highest BCUT2D eigenvalue weighted by atomic mass is 35.5. The van der Waals surface area contributed by atoms with Gasteiger partial charge in [0.1, 0.15) is 11.0 Å². The number of hydrogen-bond acceptors (Lipinski definition) is 6. The third-order valence-corrected chi connectivity index (χ3v) is 5.18. The summed E-state index contributed by atoms with van der Waals surface area (Å²) in [7, 11) is 0. The van der Waals surface area contributed by atoms with E-state index in [4.69, 9.17) is 11.6 Å². The molecule has 2 rings (SSSR count). The van der Waals surface area contributed by atoms with Crippen LogP contribution in [0.3, 0.4) is 0 Å². The van der Waals surface area contributed by atoms with E-state index < -0.39 is 0 Å². The molecule has 1 aliphatic heterocycles. The molecule has 138 valence electrons. The van der Waals surface area contributed by atoms with Gasteiger partial charge in [0.15, 0.2) is 5.16 Å². The number of carbonyl (C=O) groups excluding carboxylic acids is 2. The summed E-state index contributed by atoms with van der Waals surface area (Å²) in [4.78, 5) is 38.0. The van der Waals surface area contributed by atoms with Gasteiger partial charge in [-0.3, -0.25) is 9.59 Å². The van der Waals surface area contributed by atoms with Crippen molar-refractivity contribution in [2.24, 2.45) is 0 Å². The van der Waals surface area contributed by atoms with E-state index in [2.05, 4.69) is 28.7 Å². The quantitative estimate of drug-likeness (QED) is 0.422. The number of halogens is 1. The van der Waals surface area contributed by atoms with Gasteiger partial charge in [0.05, 0.1) is 5.75 Å². The summed E-state index contributed by atoms with van der Waals surface area (Å²) in [5.41, 5.74) is 0. The molecule has 25 heavy (non-hydrogen) atoms. The van der Waals surface area contributed by atoms with Crippen LogP contribution in [-0.2, 0) is 9.59 Å². The van der Waals surface area contributed by atoms with Gasteiger partial charge in [0.25, 0.3) is 0 Å². The Bertz CT molecular complexity index is 619. The van der Waals surface area contributed by atoms with Crippen LogP contribution in [-0.4, -0.2) is 76.6 Å². The summed E-state index contributed by atoms with van der Waals surface area (Å²) < 4.78 is 0. The normalized spacial score (nSPS) is 14.6. The lowest BCUT2D eigenvalue weighted by atomic mass is 10.3. The first-order chi connectivity index (χ1) is 11.9. The summed E-state index contributed by atoms with van der Waals surface area (Å²) >= 11 is 7.38. The molecule has 0 radical (unpaired) electrons. The number of carbonyl (C=O) groups is 2. The minimum absolute atomic E-state index is 0.0289. The first-order valence-electron chi connectivity index (χ1n) is 8.40. The highest BCUT2D eigenvalue weighted by Crippen LogP contribution is 2.22. The molecule has 0 N–H and O–H groups in total. The van der Waals surface area contributed by atoms with Crippen molar-refractivity contribution in [1.82, 2.24) is 19.8 Å². The van der Waals surface area contributed by atoms with E-state index in [1.54, 1.807) is 22.8 Å². The third-order valence-electron chi connectivity index (χ3n) is 4.15. The minimum atomic E-state index is 0.0289. The molecule has 2 heterocycles. The molecule has 0 aliphatic carbocycles. The van der Waals surface area contributed by atoms with E-state index in [0.717, 1.165) is 18.9 Å². The Morgan fingerprint density at radius 1 is 1.16 bits per heavy atom. The predicted molar refractivity (Wildman–Crippen MR) is 100 cm³/mol. The molecule has 1 aromatic heterocycles. The van der Waals surface area contributed by atoms with E-state index in [-0.39, 0.29) is 17.6 Å². The Balaban J connectivity index is 1.92. The van der Waals surface area contributed by atoms with E-state index >= 15 is 0 Å². The predicted octanol–water partition coefficient (Wildman–Crippen LogP) is 1.76. The van der Waals surface area contributed by atoms with Gasteiger partial charge in [-0.2, -0.15) is 0 Å². The topological polar surface area (TPSA) is 69.6 Å². The number of hydrogen-bond donors (Lipinski definition) is 0. The van der Waals surface area contributed by atoms with Crippen molar-refractivity contribution in [3.8, 4) is 0 Å². The Hall–Kier alpha value is -1.54. The second-order valence-electron chi connectivity index (χ2n) is 5.68. The number of amides is 2. The molecule has 7 nitrogen and oxygen atoms in total. The molecular formula is C16H24ClN5O2S. The zero-order chi connectivity index (χ0) is 18.4. The van der Waals surface area contributed by atoms with E-state index in [9.17, 15) is 9.59 Å². The smallest absolute Gasteiger partial charge is 0.233 e. The lowest BCUT2D eigenvalue weighted by Crippen LogP contribution is -2.50. The number of anilines is 1. The number of piperazine rings is 1. The fourth-order valence-corrected chi connectivity index (χ4v) is 3.63. The Labute approximate surface area is 157 Å². The van der Waals surface area contributed by atoms with Crippen molar-refractivity contribution >= 4 is 41.0 Å². The van der Waals surface area contributed by atoms with E-state index in [0.29, 0.717) is 36.5 Å². The van der Waals surface area contributed by atoms with Crippen LogP contribution in [0.25, 0.3) is 0 Å². The maximum absolute atomic E-state index is 12.4. The van der Waals surface area contributed by atoms with Crippen LogP contribution in [0, 0.1) is 0 Å². The minimum Gasteiger partial charge on any atom is -0.357 e. The third kappa shape index (κ3) is 5.47. The van der Waals surface area contributed by atoms with E-state index in [1.165, 1.54) is 11.8 Å². The van der Waals surface area contributed by atoms with Crippen molar-refractivity contribution in [3.05, 3.63) is 11.2 Å². The largest absolute Gasteiger partial charge is 0.357 e. The van der Waals surface area contributed by atoms with Gasteiger partial charge in [0, 0.05) is 52.3 Å². The summed E-state index contributed by atoms with van der Waals surface area (Å²) in [6.07, 6.45) is 0. The van der Waals surface area contributed by atoms with Gasteiger partial charge in [-0.05, 0) is 13.8 Å². The second kappa shape index (κ2) is 9.24. The number of thioether (sulfide) groups is 1. The second-order valence-corrected chi connectivity index (χ2v) is 7.01. The van der Waals surface area contributed by atoms with Crippen molar-refractivity contribution in [3.63, 3.8) is 0 Å². The molecule has 1 saturated heterocycles. The van der Waals surface area contributed by atoms with Gasteiger partial charge in [0.2, 0.25) is 11.8 Å². The molecule has 0 unspecified atom stereocenters. The van der Waals surface area contributed by atoms with Crippen molar-refractivity contribution < 1.29 is 9.59 Å². The zero-order valence-corrected chi connectivity index (χ0v) is 16.4. The van der Waals surface area contributed by atoms with E-state index in [1.807, 2.05) is 0 Å². The monoisotopic (exact) mass is 385 g/mol. The summed E-state index contributed by atoms with van der Waals surface area (Å²) in [5.74, 6) is 1.12. The molecule has 2 amide bonds. The van der Waals surface area contributed by atoms with Gasteiger partial charge in [-0.1, -0.05) is 23.4 Å². The van der Waals surface area contributed by atoms with Crippen LogP contribution in [0.15, 0.2) is 11.2 Å². The molecule has 1 aliphatic rings. The molecule has 0 spiro atoms. The van der Waals surface area contributed by atoms with Crippen LogP contribution in [0.5, 0.6) is 0 Å². The van der Waals surface area contributed by atoms with Crippen LogP contribution in [0.1, 0.15) is 20.8 Å². The average Bonchev–Trinajstić information content (AvgIpc) is 2.60. The van der Waals surface area contributed by atoms with Gasteiger partial charge in [-0.15, -0.1) is 0 Å². The standard InChI is InChI=1S/C16H24ClN5O2S/c1-4-20(5-2)14-10-13(17)18-16(19-14)25-11-15(24)22-8-6-21(7-9-22)12(3)23/h10H,4-9,11H2,1-3H3. The van der Waals surface area contributed by atoms with Crippen LogP contribution < -0.4 is 4.90 Å². The van der Waals surface area contributed by atoms with Gasteiger partial charge in [-0.25, -0.2) is 9.97 Å². The number of aromatic nitrogens is 2. The summed E-state index contributed by atoms with van der Waals surface area (Å²) in [6.45, 7) is 9.63. The lowest BCUT2D eigenvalue weighted by Gasteiger charge is -2.34. The first kappa shape index (κ1) is 19.8. The van der Waals surface area contributed by atoms with Gasteiger partial charge >= 0.3 is 0 Å². The fourth-order valence-electron chi connectivity index (χ4n) is 2.65. The molecule has 0 saturated carbocycles. The Kier molecular flexibility index (Phi) is 7.31. The molecular weight excluding hydrogens is 362 g/mol. The maximum atomic E-state index is 12.4. The average molecular weight is 386 g/mol. The molecule has 1 fully saturated rings. The zero-order valence-electron chi connectivity index (χ0n) is 14.9. The van der Waals surface area contributed by atoms with Crippen molar-refractivity contribution in [1.29, 1.82) is 0 Å². The molecule has 0 bridgehead atoms. The summed E-state index contributed by atoms with van der Waals surface area (Å²) in [5, 5.41) is 0.882. The van der Waals surface area contributed by atoms with Crippen molar-refractivity contribution in [2.45, 2.75) is 25.9 Å². The van der Waals surface area contributed by atoms with Crippen LogP contribution in [0.2, 0.25) is 5.15 Å². The number of rotatable bonds is 6. The highest BCUT2D eigenvalue weighted by molar-refractivity contribution is 7.99. The molecule has 1 aromatic rings. The molecule has 9 heteroatoms. The fraction of sp³-hybridized carbons (Fsp3) is 0.625. The Morgan fingerprint density at radius 3 is 2.32 bits per heavy atom. The molecule has 0 atom stereocenters. The first-order valence-corrected chi connectivity index (χ1v) is 9.76. The van der Waals surface area contributed by atoms with Crippen molar-refractivity contribution in [2.75, 3.05) is 49.9 Å². The van der Waals surface area contributed by atoms with Crippen LogP contribution >= 0.6 is 23.4 Å². The summed E-state index contributed by atoms with van der Waals surface area (Å²) in [6, 6.07) is 1.74. The lowest BCUT2D eigenvalue weighted by molar-refractivity contribution is -0.136. The Morgan fingerprint density at radius 2 is 1.76 bits per heavy atom. The van der Waals surface area contributed by atoms with Gasteiger partial charge < -0.3 is 14.7 Å².